The minimum Gasteiger partial charge on any atom is -0.0840 e. The summed E-state index contributed by atoms with van der Waals surface area (Å²) >= 11 is 6.04. The highest BCUT2D eigenvalue weighted by atomic mass is 35.5. The monoisotopic (exact) mass is 182 g/mol. The second kappa shape index (κ2) is 3.95. The van der Waals surface area contributed by atoms with Crippen molar-refractivity contribution in [1.82, 2.24) is 0 Å². The Bertz CT molecular complexity index is 264. The molecular weight excluding hydrogens is 168 g/mol. The summed E-state index contributed by atoms with van der Waals surface area (Å²) in [5.74, 6) is 0.671. The van der Waals surface area contributed by atoms with Crippen LogP contribution in [-0.2, 0) is 6.42 Å². The molecule has 1 aromatic rings. The Balaban J connectivity index is 2.90. The molecule has 0 aliphatic rings. The molecule has 0 amide bonds. The number of halogens is 1. The first-order valence-corrected chi connectivity index (χ1v) is 4.72. The average Bonchev–Trinajstić information content (AvgIpc) is 1.96. The summed E-state index contributed by atoms with van der Waals surface area (Å²) in [6, 6.07) is 6.20. The van der Waals surface area contributed by atoms with Gasteiger partial charge in [-0.25, -0.2) is 0 Å². The normalized spacial score (nSPS) is 10.8. The summed E-state index contributed by atoms with van der Waals surface area (Å²) in [7, 11) is 0. The molecule has 0 aliphatic heterocycles. The largest absolute Gasteiger partial charge is 0.0840 e. The van der Waals surface area contributed by atoms with Crippen molar-refractivity contribution in [2.45, 2.75) is 27.2 Å². The summed E-state index contributed by atoms with van der Waals surface area (Å²) in [6.07, 6.45) is 1.07. The van der Waals surface area contributed by atoms with Crippen molar-refractivity contribution in [2.75, 3.05) is 0 Å². The standard InChI is InChI=1S/C11H15Cl/c1-8(2)6-10-7-9(3)4-5-11(10)12/h4-5,7-8H,6H2,1-3H3. The Morgan fingerprint density at radius 2 is 2.00 bits per heavy atom. The van der Waals surface area contributed by atoms with Crippen molar-refractivity contribution >= 4 is 11.6 Å². The van der Waals surface area contributed by atoms with E-state index in [9.17, 15) is 0 Å². The van der Waals surface area contributed by atoms with Crippen molar-refractivity contribution in [3.8, 4) is 0 Å². The Labute approximate surface area is 79.6 Å². The molecule has 0 N–H and O–H groups in total. The van der Waals surface area contributed by atoms with Crippen LogP contribution in [0.4, 0.5) is 0 Å². The van der Waals surface area contributed by atoms with Gasteiger partial charge in [-0.05, 0) is 30.9 Å². The second-order valence-electron chi connectivity index (χ2n) is 3.69. The van der Waals surface area contributed by atoms with E-state index in [-0.39, 0.29) is 0 Å². The van der Waals surface area contributed by atoms with Gasteiger partial charge >= 0.3 is 0 Å². The molecular formula is C11H15Cl. The van der Waals surface area contributed by atoms with Crippen LogP contribution in [0.15, 0.2) is 18.2 Å². The molecule has 0 radical (unpaired) electrons. The molecule has 12 heavy (non-hydrogen) atoms. The van der Waals surface area contributed by atoms with Gasteiger partial charge in [0.05, 0.1) is 0 Å². The molecule has 0 spiro atoms. The number of benzene rings is 1. The first-order chi connectivity index (χ1) is 5.59. The van der Waals surface area contributed by atoms with E-state index in [2.05, 4.69) is 26.8 Å². The molecule has 0 fully saturated rings. The Kier molecular flexibility index (Phi) is 3.16. The highest BCUT2D eigenvalue weighted by Crippen LogP contribution is 2.20. The zero-order chi connectivity index (χ0) is 9.14. The van der Waals surface area contributed by atoms with Gasteiger partial charge in [-0.2, -0.15) is 0 Å². The van der Waals surface area contributed by atoms with Gasteiger partial charge in [0.1, 0.15) is 0 Å². The highest BCUT2D eigenvalue weighted by Gasteiger charge is 2.02. The van der Waals surface area contributed by atoms with Crippen LogP contribution in [0.1, 0.15) is 25.0 Å². The van der Waals surface area contributed by atoms with Crippen molar-refractivity contribution in [1.29, 1.82) is 0 Å². The lowest BCUT2D eigenvalue weighted by molar-refractivity contribution is 0.647. The summed E-state index contributed by atoms with van der Waals surface area (Å²) in [6.45, 7) is 6.51. The number of hydrogen-bond donors (Lipinski definition) is 0. The molecule has 1 aromatic carbocycles. The Hall–Kier alpha value is -0.490. The van der Waals surface area contributed by atoms with Crippen LogP contribution in [0.2, 0.25) is 5.02 Å². The molecule has 66 valence electrons. The van der Waals surface area contributed by atoms with Crippen LogP contribution in [0, 0.1) is 12.8 Å². The molecule has 1 heteroatoms. The smallest absolute Gasteiger partial charge is 0.0438 e. The lowest BCUT2D eigenvalue weighted by Crippen LogP contribution is -1.95. The van der Waals surface area contributed by atoms with E-state index in [0.29, 0.717) is 5.92 Å². The maximum atomic E-state index is 6.04. The van der Waals surface area contributed by atoms with Crippen molar-refractivity contribution in [3.05, 3.63) is 34.3 Å². The van der Waals surface area contributed by atoms with Crippen LogP contribution < -0.4 is 0 Å². The molecule has 0 aromatic heterocycles. The van der Waals surface area contributed by atoms with Gasteiger partial charge in [-0.3, -0.25) is 0 Å². The SMILES string of the molecule is Cc1ccc(Cl)c(CC(C)C)c1. The maximum absolute atomic E-state index is 6.04. The van der Waals surface area contributed by atoms with Gasteiger partial charge in [0.25, 0.3) is 0 Å². The summed E-state index contributed by atoms with van der Waals surface area (Å²) < 4.78 is 0. The van der Waals surface area contributed by atoms with E-state index in [1.165, 1.54) is 11.1 Å². The number of aryl methyl sites for hydroxylation is 1. The summed E-state index contributed by atoms with van der Waals surface area (Å²) in [5.41, 5.74) is 2.56. The molecule has 0 saturated carbocycles. The van der Waals surface area contributed by atoms with Crippen molar-refractivity contribution < 1.29 is 0 Å². The average molecular weight is 183 g/mol. The quantitative estimate of drug-likeness (QED) is 0.652. The fraction of sp³-hybridized carbons (Fsp3) is 0.455. The second-order valence-corrected chi connectivity index (χ2v) is 4.10. The highest BCUT2D eigenvalue weighted by molar-refractivity contribution is 6.31. The van der Waals surface area contributed by atoms with E-state index in [1.807, 2.05) is 12.1 Å². The van der Waals surface area contributed by atoms with Gasteiger partial charge < -0.3 is 0 Å². The molecule has 0 unspecified atom stereocenters. The van der Waals surface area contributed by atoms with Crippen LogP contribution >= 0.6 is 11.6 Å². The minimum atomic E-state index is 0.671. The first-order valence-electron chi connectivity index (χ1n) is 4.34. The van der Waals surface area contributed by atoms with Gasteiger partial charge in [0, 0.05) is 5.02 Å². The van der Waals surface area contributed by atoms with Gasteiger partial charge in [-0.1, -0.05) is 43.1 Å². The van der Waals surface area contributed by atoms with Gasteiger partial charge in [0.15, 0.2) is 0 Å². The number of rotatable bonds is 2. The van der Waals surface area contributed by atoms with Gasteiger partial charge in [-0.15, -0.1) is 0 Å². The molecule has 0 atom stereocenters. The maximum Gasteiger partial charge on any atom is 0.0438 e. The van der Waals surface area contributed by atoms with E-state index in [4.69, 9.17) is 11.6 Å². The lowest BCUT2D eigenvalue weighted by atomic mass is 10.0. The Morgan fingerprint density at radius 3 is 2.58 bits per heavy atom. The predicted octanol–water partition coefficient (Wildman–Crippen LogP) is 3.85. The topological polar surface area (TPSA) is 0 Å². The fourth-order valence-electron chi connectivity index (χ4n) is 1.30. The molecule has 1 rings (SSSR count). The van der Waals surface area contributed by atoms with Crippen LogP contribution in [0.5, 0.6) is 0 Å². The van der Waals surface area contributed by atoms with E-state index in [0.717, 1.165) is 11.4 Å². The van der Waals surface area contributed by atoms with Gasteiger partial charge in [0.2, 0.25) is 0 Å². The predicted molar refractivity (Wildman–Crippen MR) is 54.7 cm³/mol. The van der Waals surface area contributed by atoms with Crippen LogP contribution in [0.25, 0.3) is 0 Å². The Morgan fingerprint density at radius 1 is 1.33 bits per heavy atom. The van der Waals surface area contributed by atoms with Crippen molar-refractivity contribution in [3.63, 3.8) is 0 Å². The summed E-state index contributed by atoms with van der Waals surface area (Å²) in [5, 5.41) is 0.898. The third kappa shape index (κ3) is 2.53. The molecule has 0 saturated heterocycles. The molecule has 0 aliphatic carbocycles. The minimum absolute atomic E-state index is 0.671. The first kappa shape index (κ1) is 9.60. The third-order valence-electron chi connectivity index (χ3n) is 1.83. The van der Waals surface area contributed by atoms with E-state index in [1.54, 1.807) is 0 Å². The van der Waals surface area contributed by atoms with Crippen molar-refractivity contribution in [2.24, 2.45) is 5.92 Å². The molecule has 0 nitrogen and oxygen atoms in total. The van der Waals surface area contributed by atoms with Crippen LogP contribution in [-0.4, -0.2) is 0 Å². The number of hydrogen-bond acceptors (Lipinski definition) is 0. The third-order valence-corrected chi connectivity index (χ3v) is 2.20. The fourth-order valence-corrected chi connectivity index (χ4v) is 1.49. The van der Waals surface area contributed by atoms with E-state index < -0.39 is 0 Å². The molecule has 0 bridgehead atoms. The molecule has 0 heterocycles. The lowest BCUT2D eigenvalue weighted by Gasteiger charge is -2.07. The van der Waals surface area contributed by atoms with Crippen LogP contribution in [0.3, 0.4) is 0 Å². The zero-order valence-electron chi connectivity index (χ0n) is 7.89. The van der Waals surface area contributed by atoms with E-state index >= 15 is 0 Å². The zero-order valence-corrected chi connectivity index (χ0v) is 8.65. The summed E-state index contributed by atoms with van der Waals surface area (Å²) in [4.78, 5) is 0.